The molecule has 1 aliphatic rings. The number of amides is 3. The van der Waals surface area contributed by atoms with Crippen molar-refractivity contribution in [3.8, 4) is 5.75 Å². The number of hydrogen-bond donors (Lipinski definition) is 1. The topological polar surface area (TPSA) is 75.7 Å². The molecule has 22 heavy (non-hydrogen) atoms. The summed E-state index contributed by atoms with van der Waals surface area (Å²) in [5, 5.41) is 2.69. The van der Waals surface area contributed by atoms with Gasteiger partial charge in [0, 0.05) is 0 Å². The summed E-state index contributed by atoms with van der Waals surface area (Å²) in [6.45, 7) is 2.87. The maximum atomic E-state index is 12.4. The van der Waals surface area contributed by atoms with Crippen LogP contribution >= 0.6 is 0 Å². The number of carbonyl (C=O) groups excluding carboxylic acids is 3. The third-order valence-corrected chi connectivity index (χ3v) is 3.80. The van der Waals surface area contributed by atoms with Gasteiger partial charge in [-0.05, 0) is 44.4 Å². The van der Waals surface area contributed by atoms with Crippen molar-refractivity contribution in [1.29, 1.82) is 0 Å². The molecular formula is C16H20N2O4. The minimum Gasteiger partial charge on any atom is -0.497 e. The Morgan fingerprint density at radius 2 is 1.91 bits per heavy atom. The molecule has 0 aliphatic carbocycles. The van der Waals surface area contributed by atoms with E-state index in [1.807, 2.05) is 24.3 Å². The lowest BCUT2D eigenvalue weighted by molar-refractivity contribution is -0.133. The van der Waals surface area contributed by atoms with E-state index in [-0.39, 0.29) is 18.2 Å². The first-order valence-corrected chi connectivity index (χ1v) is 7.12. The number of ether oxygens (including phenoxy) is 1. The number of imide groups is 1. The molecule has 0 bridgehead atoms. The summed E-state index contributed by atoms with van der Waals surface area (Å²) in [6.07, 6.45) is 1.11. The molecule has 1 saturated heterocycles. The number of urea groups is 1. The van der Waals surface area contributed by atoms with Crippen LogP contribution in [0.25, 0.3) is 0 Å². The molecule has 0 spiro atoms. The van der Waals surface area contributed by atoms with Crippen LogP contribution in [0.1, 0.15) is 25.8 Å². The Kier molecular flexibility index (Phi) is 4.49. The van der Waals surface area contributed by atoms with Gasteiger partial charge in [-0.25, -0.2) is 4.79 Å². The Bertz CT molecular complexity index is 597. The number of benzene rings is 1. The average molecular weight is 304 g/mol. The van der Waals surface area contributed by atoms with Gasteiger partial charge in [-0.3, -0.25) is 14.5 Å². The van der Waals surface area contributed by atoms with Crippen LogP contribution in [0.3, 0.4) is 0 Å². The van der Waals surface area contributed by atoms with Crippen LogP contribution in [0.15, 0.2) is 24.3 Å². The second-order valence-electron chi connectivity index (χ2n) is 5.70. The van der Waals surface area contributed by atoms with Gasteiger partial charge in [0.2, 0.25) is 0 Å². The average Bonchev–Trinajstić information content (AvgIpc) is 2.69. The quantitative estimate of drug-likeness (QED) is 0.809. The highest BCUT2D eigenvalue weighted by molar-refractivity contribution is 6.08. The minimum atomic E-state index is -0.966. The summed E-state index contributed by atoms with van der Waals surface area (Å²) in [6, 6.07) is 7.06. The molecule has 3 amide bonds. The van der Waals surface area contributed by atoms with Gasteiger partial charge in [0.1, 0.15) is 17.1 Å². The van der Waals surface area contributed by atoms with Crippen molar-refractivity contribution >= 4 is 17.7 Å². The summed E-state index contributed by atoms with van der Waals surface area (Å²) >= 11 is 0. The van der Waals surface area contributed by atoms with Crippen LogP contribution in [-0.2, 0) is 16.0 Å². The highest BCUT2D eigenvalue weighted by atomic mass is 16.5. The molecule has 1 fully saturated rings. The number of methoxy groups -OCH3 is 1. The summed E-state index contributed by atoms with van der Waals surface area (Å²) in [7, 11) is 1.60. The van der Waals surface area contributed by atoms with Crippen LogP contribution in [0.2, 0.25) is 0 Å². The van der Waals surface area contributed by atoms with E-state index in [9.17, 15) is 14.4 Å². The van der Waals surface area contributed by atoms with Crippen LogP contribution in [-0.4, -0.2) is 41.8 Å². The molecule has 6 nitrogen and oxygen atoms in total. The fourth-order valence-electron chi connectivity index (χ4n) is 2.47. The molecule has 6 heteroatoms. The summed E-state index contributed by atoms with van der Waals surface area (Å²) in [5.74, 6) is 0.206. The van der Waals surface area contributed by atoms with Crippen molar-refractivity contribution in [2.45, 2.75) is 32.2 Å². The number of hydrogen-bond acceptors (Lipinski definition) is 4. The van der Waals surface area contributed by atoms with Crippen molar-refractivity contribution in [2.75, 3.05) is 13.7 Å². The number of ketones is 1. The molecule has 1 aliphatic heterocycles. The van der Waals surface area contributed by atoms with E-state index in [0.29, 0.717) is 12.8 Å². The predicted molar refractivity (Wildman–Crippen MR) is 80.6 cm³/mol. The fraction of sp³-hybridized carbons (Fsp3) is 0.438. The largest absolute Gasteiger partial charge is 0.497 e. The molecule has 1 N–H and O–H groups in total. The van der Waals surface area contributed by atoms with Crippen molar-refractivity contribution in [3.63, 3.8) is 0 Å². The lowest BCUT2D eigenvalue weighted by Gasteiger charge is -2.21. The maximum absolute atomic E-state index is 12.4. The zero-order valence-corrected chi connectivity index (χ0v) is 13.0. The molecule has 2 rings (SSSR count). The number of rotatable bonds is 6. The first-order chi connectivity index (χ1) is 10.4. The molecule has 0 saturated carbocycles. The number of aryl methyl sites for hydroxylation is 1. The first kappa shape index (κ1) is 16.0. The molecule has 0 unspecified atom stereocenters. The molecule has 0 aromatic heterocycles. The SMILES string of the molecule is COc1ccc(CC[C@]2(C)NC(=O)N(CC(C)=O)C2=O)cc1. The van der Waals surface area contributed by atoms with Gasteiger partial charge in [0.25, 0.3) is 5.91 Å². The van der Waals surface area contributed by atoms with Crippen LogP contribution in [0, 0.1) is 0 Å². The number of nitrogens with zero attached hydrogens (tertiary/aromatic N) is 1. The zero-order chi connectivity index (χ0) is 16.3. The van der Waals surface area contributed by atoms with E-state index in [1.54, 1.807) is 14.0 Å². The van der Waals surface area contributed by atoms with E-state index in [2.05, 4.69) is 5.32 Å². The molecular weight excluding hydrogens is 284 g/mol. The highest BCUT2D eigenvalue weighted by Crippen LogP contribution is 2.23. The lowest BCUT2D eigenvalue weighted by atomic mass is 9.93. The summed E-state index contributed by atoms with van der Waals surface area (Å²) in [5.41, 5.74) is 0.0843. The standard InChI is InChI=1S/C16H20N2O4/c1-11(19)10-18-14(20)16(2,17-15(18)21)9-8-12-4-6-13(22-3)7-5-12/h4-7H,8-10H2,1-3H3,(H,17,21)/t16-/m0/s1. The van der Waals surface area contributed by atoms with Crippen molar-refractivity contribution in [1.82, 2.24) is 10.2 Å². The van der Waals surface area contributed by atoms with Crippen LogP contribution in [0.5, 0.6) is 5.75 Å². The van der Waals surface area contributed by atoms with Gasteiger partial charge in [0.05, 0.1) is 13.7 Å². The maximum Gasteiger partial charge on any atom is 0.325 e. The second kappa shape index (κ2) is 6.17. The molecule has 1 aromatic carbocycles. The number of carbonyl (C=O) groups is 3. The third-order valence-electron chi connectivity index (χ3n) is 3.80. The van der Waals surface area contributed by atoms with Crippen molar-refractivity contribution in [2.24, 2.45) is 0 Å². The Labute approximate surface area is 129 Å². The van der Waals surface area contributed by atoms with E-state index in [0.717, 1.165) is 16.2 Å². The van der Waals surface area contributed by atoms with Gasteiger partial charge in [-0.1, -0.05) is 12.1 Å². The normalized spacial score (nSPS) is 21.0. The monoisotopic (exact) mass is 304 g/mol. The van der Waals surface area contributed by atoms with E-state index < -0.39 is 11.6 Å². The predicted octanol–water partition coefficient (Wildman–Crippen LogP) is 1.53. The van der Waals surface area contributed by atoms with Crippen LogP contribution in [0.4, 0.5) is 4.79 Å². The first-order valence-electron chi connectivity index (χ1n) is 7.12. The van der Waals surface area contributed by atoms with E-state index >= 15 is 0 Å². The fourth-order valence-corrected chi connectivity index (χ4v) is 2.47. The van der Waals surface area contributed by atoms with Gasteiger partial charge in [-0.2, -0.15) is 0 Å². The van der Waals surface area contributed by atoms with Gasteiger partial charge in [-0.15, -0.1) is 0 Å². The summed E-state index contributed by atoms with van der Waals surface area (Å²) in [4.78, 5) is 36.4. The van der Waals surface area contributed by atoms with Crippen molar-refractivity contribution in [3.05, 3.63) is 29.8 Å². The highest BCUT2D eigenvalue weighted by Gasteiger charge is 2.47. The zero-order valence-electron chi connectivity index (χ0n) is 13.0. The smallest absolute Gasteiger partial charge is 0.325 e. The molecule has 1 aromatic rings. The Morgan fingerprint density at radius 1 is 1.27 bits per heavy atom. The van der Waals surface area contributed by atoms with E-state index in [4.69, 9.17) is 4.74 Å². The Morgan fingerprint density at radius 3 is 2.45 bits per heavy atom. The molecule has 0 radical (unpaired) electrons. The Balaban J connectivity index is 2.03. The molecule has 118 valence electrons. The van der Waals surface area contributed by atoms with Gasteiger partial charge in [0.15, 0.2) is 0 Å². The number of nitrogens with one attached hydrogen (secondary N) is 1. The van der Waals surface area contributed by atoms with Gasteiger partial charge >= 0.3 is 6.03 Å². The van der Waals surface area contributed by atoms with Crippen molar-refractivity contribution < 1.29 is 19.1 Å². The minimum absolute atomic E-state index is 0.178. The Hall–Kier alpha value is -2.37. The molecule has 1 atom stereocenters. The third kappa shape index (κ3) is 3.27. The lowest BCUT2D eigenvalue weighted by Crippen LogP contribution is -2.44. The van der Waals surface area contributed by atoms with E-state index in [1.165, 1.54) is 6.92 Å². The second-order valence-corrected chi connectivity index (χ2v) is 5.70. The molecule has 1 heterocycles. The van der Waals surface area contributed by atoms with Gasteiger partial charge < -0.3 is 10.1 Å². The summed E-state index contributed by atoms with van der Waals surface area (Å²) < 4.78 is 5.10. The number of Topliss-reactive ketones (excluding diaryl/α,β-unsaturated/α-hetero) is 1. The van der Waals surface area contributed by atoms with Crippen LogP contribution < -0.4 is 10.1 Å².